The van der Waals surface area contributed by atoms with Crippen LogP contribution < -0.4 is 5.32 Å². The standard InChI is InChI=1S/C15H17N5OS/c1-2-22-15-18-14-17-10-4-3-5-11(21)12(10)13(20(14)19-15)9-6-7-16-8-9/h4,6-8,12-13,16H,2-3,5H2,1H3,(H,17,18,19)/t12-,13-/m1/s1. The number of nitrogens with zero attached hydrogens (tertiary/aromatic N) is 3. The molecule has 1 aliphatic heterocycles. The van der Waals surface area contributed by atoms with Crippen LogP contribution in [0.5, 0.6) is 0 Å². The number of anilines is 1. The Morgan fingerprint density at radius 2 is 2.41 bits per heavy atom. The number of hydrogen-bond acceptors (Lipinski definition) is 5. The van der Waals surface area contributed by atoms with Crippen molar-refractivity contribution in [1.29, 1.82) is 0 Å². The van der Waals surface area contributed by atoms with Crippen molar-refractivity contribution in [2.24, 2.45) is 5.92 Å². The van der Waals surface area contributed by atoms with Gasteiger partial charge in [0.1, 0.15) is 5.78 Å². The second-order valence-corrected chi connectivity index (χ2v) is 6.68. The van der Waals surface area contributed by atoms with Crippen LogP contribution in [0.15, 0.2) is 35.4 Å². The molecule has 2 aliphatic rings. The Kier molecular flexibility index (Phi) is 3.29. The van der Waals surface area contributed by atoms with Crippen molar-refractivity contribution < 1.29 is 4.79 Å². The van der Waals surface area contributed by atoms with Crippen LogP contribution in [-0.4, -0.2) is 31.3 Å². The summed E-state index contributed by atoms with van der Waals surface area (Å²) in [6, 6.07) is 1.88. The minimum Gasteiger partial charge on any atom is -0.367 e. The summed E-state index contributed by atoms with van der Waals surface area (Å²) in [6.07, 6.45) is 7.33. The van der Waals surface area contributed by atoms with Crippen molar-refractivity contribution in [3.05, 3.63) is 35.8 Å². The fraction of sp³-hybridized carbons (Fsp3) is 0.400. The predicted molar refractivity (Wildman–Crippen MR) is 84.8 cm³/mol. The zero-order chi connectivity index (χ0) is 15.1. The van der Waals surface area contributed by atoms with Gasteiger partial charge >= 0.3 is 0 Å². The third-order valence-electron chi connectivity index (χ3n) is 4.12. The SMILES string of the molecule is CCSc1nc2n(n1)[C@H](c1cc[nH]c1)[C@H]1C(=O)CCC=C1N2. The lowest BCUT2D eigenvalue weighted by molar-refractivity contribution is -0.123. The van der Waals surface area contributed by atoms with Crippen LogP contribution in [0.2, 0.25) is 0 Å². The van der Waals surface area contributed by atoms with Crippen LogP contribution >= 0.6 is 11.8 Å². The van der Waals surface area contributed by atoms with Crippen LogP contribution in [0, 0.1) is 5.92 Å². The van der Waals surface area contributed by atoms with E-state index in [0.29, 0.717) is 6.42 Å². The number of rotatable bonds is 3. The lowest BCUT2D eigenvalue weighted by Gasteiger charge is -2.35. The van der Waals surface area contributed by atoms with Crippen LogP contribution in [0.1, 0.15) is 31.4 Å². The minimum absolute atomic E-state index is 0.125. The number of thioether (sulfide) groups is 1. The Bertz CT molecular complexity index is 733. The highest BCUT2D eigenvalue weighted by atomic mass is 32.2. The summed E-state index contributed by atoms with van der Waals surface area (Å²) >= 11 is 1.61. The fourth-order valence-electron chi connectivity index (χ4n) is 3.20. The first kappa shape index (κ1) is 13.6. The third-order valence-corrected chi connectivity index (χ3v) is 4.84. The van der Waals surface area contributed by atoms with Crippen LogP contribution in [0.25, 0.3) is 0 Å². The first-order chi connectivity index (χ1) is 10.8. The molecule has 0 saturated carbocycles. The van der Waals surface area contributed by atoms with Gasteiger partial charge in [-0.1, -0.05) is 24.8 Å². The Morgan fingerprint density at radius 3 is 3.18 bits per heavy atom. The topological polar surface area (TPSA) is 75.6 Å². The fourth-order valence-corrected chi connectivity index (χ4v) is 3.75. The van der Waals surface area contributed by atoms with Crippen molar-refractivity contribution in [2.75, 3.05) is 11.1 Å². The molecule has 0 fully saturated rings. The highest BCUT2D eigenvalue weighted by Crippen LogP contribution is 2.41. The Hall–Kier alpha value is -2.02. The number of aromatic amines is 1. The molecule has 0 radical (unpaired) electrons. The van der Waals surface area contributed by atoms with Crippen LogP contribution in [0.3, 0.4) is 0 Å². The van der Waals surface area contributed by atoms with Gasteiger partial charge in [-0.2, -0.15) is 4.98 Å². The highest BCUT2D eigenvalue weighted by molar-refractivity contribution is 7.99. The number of carbonyl (C=O) groups is 1. The monoisotopic (exact) mass is 315 g/mol. The molecule has 6 nitrogen and oxygen atoms in total. The second-order valence-electron chi connectivity index (χ2n) is 5.45. The number of fused-ring (bicyclic) bond motifs is 2. The molecule has 2 atom stereocenters. The van der Waals surface area contributed by atoms with Gasteiger partial charge in [-0.05, 0) is 23.8 Å². The number of hydrogen-bond donors (Lipinski definition) is 2. The molecule has 0 saturated heterocycles. The Morgan fingerprint density at radius 1 is 1.50 bits per heavy atom. The third kappa shape index (κ3) is 2.08. The van der Waals surface area contributed by atoms with E-state index in [4.69, 9.17) is 0 Å². The van der Waals surface area contributed by atoms with Crippen molar-refractivity contribution in [1.82, 2.24) is 19.7 Å². The summed E-state index contributed by atoms with van der Waals surface area (Å²) < 4.78 is 1.87. The van der Waals surface area contributed by atoms with Crippen molar-refractivity contribution >= 4 is 23.5 Å². The van der Waals surface area contributed by atoms with Gasteiger partial charge in [-0.25, -0.2) is 4.68 Å². The first-order valence-corrected chi connectivity index (χ1v) is 8.48. The van der Waals surface area contributed by atoms with Gasteiger partial charge < -0.3 is 10.3 Å². The van der Waals surface area contributed by atoms with Gasteiger partial charge in [-0.3, -0.25) is 4.79 Å². The summed E-state index contributed by atoms with van der Waals surface area (Å²) in [7, 11) is 0. The minimum atomic E-state index is -0.196. The van der Waals surface area contributed by atoms with Crippen molar-refractivity contribution in [3.8, 4) is 0 Å². The molecule has 0 unspecified atom stereocenters. The maximum Gasteiger partial charge on any atom is 0.227 e. The van der Waals surface area contributed by atoms with Gasteiger partial charge in [0, 0.05) is 24.5 Å². The largest absolute Gasteiger partial charge is 0.367 e. The van der Waals surface area contributed by atoms with Crippen LogP contribution in [0.4, 0.5) is 5.95 Å². The second kappa shape index (κ2) is 5.31. The summed E-state index contributed by atoms with van der Waals surface area (Å²) in [6.45, 7) is 2.08. The number of allylic oxidation sites excluding steroid dienone is 2. The van der Waals surface area contributed by atoms with Crippen molar-refractivity contribution in [3.63, 3.8) is 0 Å². The molecule has 0 amide bonds. The molecule has 1 aliphatic carbocycles. The zero-order valence-electron chi connectivity index (χ0n) is 12.2. The molecule has 4 rings (SSSR count). The van der Waals surface area contributed by atoms with Gasteiger partial charge in [0.25, 0.3) is 0 Å². The molecule has 0 bridgehead atoms. The van der Waals surface area contributed by atoms with E-state index in [0.717, 1.165) is 34.5 Å². The molecular formula is C15H17N5OS. The van der Waals surface area contributed by atoms with E-state index in [1.165, 1.54) is 0 Å². The number of aromatic nitrogens is 4. The number of carbonyl (C=O) groups excluding carboxylic acids is 1. The lowest BCUT2D eigenvalue weighted by atomic mass is 9.81. The van der Waals surface area contributed by atoms with Gasteiger partial charge in [0.2, 0.25) is 11.1 Å². The lowest BCUT2D eigenvalue weighted by Crippen LogP contribution is -2.38. The van der Waals surface area contributed by atoms with Gasteiger partial charge in [-0.15, -0.1) is 5.10 Å². The van der Waals surface area contributed by atoms with Gasteiger partial charge in [0.15, 0.2) is 0 Å². The average molecular weight is 315 g/mol. The molecule has 0 aromatic carbocycles. The van der Waals surface area contributed by atoms with Crippen molar-refractivity contribution in [2.45, 2.75) is 31.0 Å². The van der Waals surface area contributed by atoms with E-state index < -0.39 is 0 Å². The predicted octanol–water partition coefficient (Wildman–Crippen LogP) is 2.60. The maximum absolute atomic E-state index is 12.5. The summed E-state index contributed by atoms with van der Waals surface area (Å²) in [4.78, 5) is 20.2. The highest BCUT2D eigenvalue weighted by Gasteiger charge is 2.41. The molecule has 7 heteroatoms. The van der Waals surface area contributed by atoms with Crippen LogP contribution in [-0.2, 0) is 4.79 Å². The van der Waals surface area contributed by atoms with E-state index >= 15 is 0 Å². The van der Waals surface area contributed by atoms with E-state index in [9.17, 15) is 4.79 Å². The zero-order valence-corrected chi connectivity index (χ0v) is 13.1. The molecule has 0 spiro atoms. The normalized spacial score (nSPS) is 23.5. The molecule has 2 aromatic heterocycles. The van der Waals surface area contributed by atoms with Gasteiger partial charge in [0.05, 0.1) is 12.0 Å². The Balaban J connectivity index is 1.86. The first-order valence-electron chi connectivity index (χ1n) is 7.49. The van der Waals surface area contributed by atoms with E-state index in [-0.39, 0.29) is 17.7 Å². The molecule has 2 aromatic rings. The average Bonchev–Trinajstić information content (AvgIpc) is 3.14. The number of H-pyrrole nitrogens is 1. The molecular weight excluding hydrogens is 298 g/mol. The number of ketones is 1. The molecule has 22 heavy (non-hydrogen) atoms. The summed E-state index contributed by atoms with van der Waals surface area (Å²) in [5.74, 6) is 1.71. The van der Waals surface area contributed by atoms with E-state index in [2.05, 4.69) is 33.4 Å². The van der Waals surface area contributed by atoms with E-state index in [1.54, 1.807) is 11.8 Å². The quantitative estimate of drug-likeness (QED) is 0.852. The molecule has 2 N–H and O–H groups in total. The van der Waals surface area contributed by atoms with E-state index in [1.807, 2.05) is 23.1 Å². The summed E-state index contributed by atoms with van der Waals surface area (Å²) in [5.41, 5.74) is 2.03. The molecule has 3 heterocycles. The number of Topliss-reactive ketones (excluding diaryl/α,β-unsaturated/α-hetero) is 1. The molecule has 114 valence electrons. The smallest absolute Gasteiger partial charge is 0.227 e. The summed E-state index contributed by atoms with van der Waals surface area (Å²) in [5, 5.41) is 8.67. The number of nitrogens with one attached hydrogen (secondary N) is 2. The maximum atomic E-state index is 12.5. The Labute approximate surface area is 132 Å².